The Labute approximate surface area is 168 Å². The summed E-state index contributed by atoms with van der Waals surface area (Å²) in [5.41, 5.74) is 4.62. The Morgan fingerprint density at radius 2 is 1.93 bits per heavy atom. The Morgan fingerprint density at radius 3 is 2.76 bits per heavy atom. The molecule has 4 rings (SSSR count). The third-order valence-corrected chi connectivity index (χ3v) is 4.58. The predicted octanol–water partition coefficient (Wildman–Crippen LogP) is 3.52. The number of carbonyl (C=O) groups is 2. The van der Waals surface area contributed by atoms with E-state index in [1.165, 1.54) is 11.1 Å². The molecule has 0 spiro atoms. The van der Waals surface area contributed by atoms with Crippen LogP contribution in [0.2, 0.25) is 0 Å². The average Bonchev–Trinajstić information content (AvgIpc) is 3.01. The standard InChI is InChI=1S/C23H19N3O3/c1-2-12-29-18-9-3-6-16(13-18)14-24-25-21(27)15-26-20-11-5-8-17-7-4-10-19(22(17)20)23(26)28/h2-11,13-14H,1,12,15H2,(H,25,27)/b24-14-. The molecule has 29 heavy (non-hydrogen) atoms. The number of anilines is 1. The molecule has 1 heterocycles. The number of benzene rings is 3. The van der Waals surface area contributed by atoms with Crippen molar-refractivity contribution in [1.29, 1.82) is 0 Å². The summed E-state index contributed by atoms with van der Waals surface area (Å²) in [5, 5.41) is 5.85. The summed E-state index contributed by atoms with van der Waals surface area (Å²) in [6.45, 7) is 3.92. The number of hydrogen-bond acceptors (Lipinski definition) is 4. The summed E-state index contributed by atoms with van der Waals surface area (Å²) >= 11 is 0. The van der Waals surface area contributed by atoms with Crippen molar-refractivity contribution < 1.29 is 14.3 Å². The van der Waals surface area contributed by atoms with Crippen molar-refractivity contribution in [2.24, 2.45) is 5.10 Å². The summed E-state index contributed by atoms with van der Waals surface area (Å²) in [5.74, 6) is 0.134. The molecule has 0 radical (unpaired) electrons. The average molecular weight is 385 g/mol. The van der Waals surface area contributed by atoms with Gasteiger partial charge in [-0.15, -0.1) is 0 Å². The second kappa shape index (κ2) is 7.98. The van der Waals surface area contributed by atoms with Crippen LogP contribution in [0.1, 0.15) is 15.9 Å². The number of amides is 2. The predicted molar refractivity (Wildman–Crippen MR) is 113 cm³/mol. The van der Waals surface area contributed by atoms with Crippen LogP contribution in [-0.4, -0.2) is 31.2 Å². The van der Waals surface area contributed by atoms with Crippen molar-refractivity contribution in [1.82, 2.24) is 5.43 Å². The van der Waals surface area contributed by atoms with Crippen LogP contribution in [0.4, 0.5) is 5.69 Å². The monoisotopic (exact) mass is 385 g/mol. The number of rotatable bonds is 7. The van der Waals surface area contributed by atoms with Gasteiger partial charge in [-0.25, -0.2) is 5.43 Å². The fraction of sp³-hybridized carbons (Fsp3) is 0.0870. The minimum atomic E-state index is -0.376. The Kier molecular flexibility index (Phi) is 5.07. The molecule has 0 atom stereocenters. The number of nitrogens with one attached hydrogen (secondary N) is 1. The van der Waals surface area contributed by atoms with E-state index in [0.29, 0.717) is 17.9 Å². The molecule has 1 N–H and O–H groups in total. The van der Waals surface area contributed by atoms with Gasteiger partial charge in [-0.3, -0.25) is 14.5 Å². The lowest BCUT2D eigenvalue weighted by atomic mass is 10.1. The van der Waals surface area contributed by atoms with E-state index in [1.54, 1.807) is 18.2 Å². The molecule has 0 saturated carbocycles. The number of carbonyl (C=O) groups excluding carboxylic acids is 2. The molecule has 1 aliphatic heterocycles. The summed E-state index contributed by atoms with van der Waals surface area (Å²) in [7, 11) is 0. The fourth-order valence-electron chi connectivity index (χ4n) is 3.33. The maximum atomic E-state index is 12.7. The highest BCUT2D eigenvalue weighted by Crippen LogP contribution is 2.36. The molecule has 0 fully saturated rings. The molecular formula is C23H19N3O3. The zero-order valence-corrected chi connectivity index (χ0v) is 15.7. The van der Waals surface area contributed by atoms with Crippen molar-refractivity contribution in [3.05, 3.63) is 84.4 Å². The SMILES string of the molecule is C=CCOc1cccc(/C=N\NC(=O)CN2C(=O)c3cccc4cccc2c34)c1. The Morgan fingerprint density at radius 1 is 1.14 bits per heavy atom. The highest BCUT2D eigenvalue weighted by atomic mass is 16.5. The van der Waals surface area contributed by atoms with Crippen molar-refractivity contribution >= 4 is 34.5 Å². The third kappa shape index (κ3) is 3.73. The minimum absolute atomic E-state index is 0.105. The van der Waals surface area contributed by atoms with Crippen molar-refractivity contribution in [3.63, 3.8) is 0 Å². The Bertz CT molecular complexity index is 1130. The van der Waals surface area contributed by atoms with Crippen LogP contribution >= 0.6 is 0 Å². The summed E-state index contributed by atoms with van der Waals surface area (Å²) in [4.78, 5) is 26.6. The van der Waals surface area contributed by atoms with Crippen LogP contribution in [0, 0.1) is 0 Å². The number of ether oxygens (including phenoxy) is 1. The molecule has 0 saturated heterocycles. The molecule has 0 aromatic heterocycles. The van der Waals surface area contributed by atoms with Crippen LogP contribution in [0.25, 0.3) is 10.8 Å². The highest BCUT2D eigenvalue weighted by molar-refractivity contribution is 6.26. The van der Waals surface area contributed by atoms with Crippen LogP contribution in [0.15, 0.2) is 78.4 Å². The van der Waals surface area contributed by atoms with Gasteiger partial charge in [0.2, 0.25) is 0 Å². The lowest BCUT2D eigenvalue weighted by molar-refractivity contribution is -0.119. The maximum absolute atomic E-state index is 12.7. The third-order valence-electron chi connectivity index (χ3n) is 4.58. The van der Waals surface area contributed by atoms with E-state index in [9.17, 15) is 9.59 Å². The molecule has 0 aliphatic carbocycles. The smallest absolute Gasteiger partial charge is 0.260 e. The van der Waals surface area contributed by atoms with Gasteiger partial charge < -0.3 is 4.74 Å². The molecule has 144 valence electrons. The first-order chi connectivity index (χ1) is 14.2. The molecule has 6 nitrogen and oxygen atoms in total. The molecule has 3 aromatic carbocycles. The lowest BCUT2D eigenvalue weighted by Gasteiger charge is -2.16. The second-order valence-electron chi connectivity index (χ2n) is 6.54. The zero-order valence-electron chi connectivity index (χ0n) is 15.7. The van der Waals surface area contributed by atoms with Crippen LogP contribution in [-0.2, 0) is 4.79 Å². The number of hydrazone groups is 1. The largest absolute Gasteiger partial charge is 0.490 e. The van der Waals surface area contributed by atoms with Gasteiger partial charge in [-0.1, -0.05) is 49.1 Å². The van der Waals surface area contributed by atoms with Gasteiger partial charge in [-0.05, 0) is 35.2 Å². The Balaban J connectivity index is 1.42. The van der Waals surface area contributed by atoms with Crippen molar-refractivity contribution in [3.8, 4) is 5.75 Å². The van der Waals surface area contributed by atoms with Gasteiger partial charge in [0.25, 0.3) is 11.8 Å². The summed E-state index contributed by atoms with van der Waals surface area (Å²) in [6.07, 6.45) is 3.19. The van der Waals surface area contributed by atoms with Crippen LogP contribution in [0.3, 0.4) is 0 Å². The van der Waals surface area contributed by atoms with Gasteiger partial charge in [0, 0.05) is 10.9 Å². The van der Waals surface area contributed by atoms with E-state index >= 15 is 0 Å². The first-order valence-electron chi connectivity index (χ1n) is 9.16. The lowest BCUT2D eigenvalue weighted by Crippen LogP contribution is -2.37. The quantitative estimate of drug-likeness (QED) is 0.384. The van der Waals surface area contributed by atoms with Crippen LogP contribution in [0.5, 0.6) is 5.75 Å². The van der Waals surface area contributed by atoms with Gasteiger partial charge in [0.05, 0.1) is 11.9 Å². The Hall–Kier alpha value is -3.93. The van der Waals surface area contributed by atoms with E-state index in [-0.39, 0.29) is 18.4 Å². The summed E-state index contributed by atoms with van der Waals surface area (Å²) in [6, 6.07) is 18.6. The number of nitrogens with zero attached hydrogens (tertiary/aromatic N) is 2. The molecular weight excluding hydrogens is 366 g/mol. The van der Waals surface area contributed by atoms with Crippen molar-refractivity contribution in [2.45, 2.75) is 0 Å². The minimum Gasteiger partial charge on any atom is -0.490 e. The molecule has 6 heteroatoms. The van der Waals surface area contributed by atoms with E-state index in [0.717, 1.165) is 22.0 Å². The van der Waals surface area contributed by atoms with Crippen molar-refractivity contribution in [2.75, 3.05) is 18.1 Å². The normalized spacial score (nSPS) is 12.6. The van der Waals surface area contributed by atoms with Gasteiger partial charge in [0.1, 0.15) is 18.9 Å². The zero-order chi connectivity index (χ0) is 20.2. The molecule has 2 amide bonds. The molecule has 0 bridgehead atoms. The van der Waals surface area contributed by atoms with Gasteiger partial charge >= 0.3 is 0 Å². The van der Waals surface area contributed by atoms with Gasteiger partial charge in [0.15, 0.2) is 0 Å². The summed E-state index contributed by atoms with van der Waals surface area (Å²) < 4.78 is 5.47. The highest BCUT2D eigenvalue weighted by Gasteiger charge is 2.30. The first-order valence-corrected chi connectivity index (χ1v) is 9.16. The molecule has 0 unspecified atom stereocenters. The van der Waals surface area contributed by atoms with E-state index in [4.69, 9.17) is 4.74 Å². The van der Waals surface area contributed by atoms with E-state index in [1.807, 2.05) is 48.5 Å². The fourth-order valence-corrected chi connectivity index (χ4v) is 3.33. The van der Waals surface area contributed by atoms with E-state index in [2.05, 4.69) is 17.1 Å². The molecule has 3 aromatic rings. The second-order valence-corrected chi connectivity index (χ2v) is 6.54. The maximum Gasteiger partial charge on any atom is 0.260 e. The van der Waals surface area contributed by atoms with Crippen LogP contribution < -0.4 is 15.1 Å². The topological polar surface area (TPSA) is 71.0 Å². The first kappa shape index (κ1) is 18.4. The van der Waals surface area contributed by atoms with E-state index < -0.39 is 0 Å². The number of hydrogen-bond donors (Lipinski definition) is 1. The van der Waals surface area contributed by atoms with Gasteiger partial charge in [-0.2, -0.15) is 5.10 Å². The molecule has 1 aliphatic rings.